The van der Waals surface area contributed by atoms with Gasteiger partial charge in [0.15, 0.2) is 0 Å². The molecule has 1 unspecified atom stereocenters. The van der Waals surface area contributed by atoms with E-state index in [2.05, 4.69) is 15.9 Å². The average molecular weight is 395 g/mol. The van der Waals surface area contributed by atoms with E-state index in [-0.39, 0.29) is 24.8 Å². The molecule has 2 saturated heterocycles. The number of benzene rings is 1. The van der Waals surface area contributed by atoms with E-state index in [0.29, 0.717) is 25.9 Å². The van der Waals surface area contributed by atoms with Crippen LogP contribution in [-0.4, -0.2) is 47.4 Å². The molecule has 0 bridgehead atoms. The smallest absolute Gasteiger partial charge is 0.308 e. The number of carbonyl (C=O) groups excluding carboxylic acids is 2. The molecule has 1 N–H and O–H groups in total. The second-order valence-electron chi connectivity index (χ2n) is 6.32. The molecule has 128 valence electrons. The number of carboxylic acids is 1. The highest BCUT2D eigenvalue weighted by atomic mass is 79.9. The largest absolute Gasteiger partial charge is 0.481 e. The summed E-state index contributed by atoms with van der Waals surface area (Å²) in [6.07, 6.45) is 1.47. The Morgan fingerprint density at radius 2 is 1.92 bits per heavy atom. The summed E-state index contributed by atoms with van der Waals surface area (Å²) in [5, 5.41) is 9.16. The van der Waals surface area contributed by atoms with E-state index in [9.17, 15) is 14.4 Å². The van der Waals surface area contributed by atoms with Crippen LogP contribution in [0.2, 0.25) is 0 Å². The monoisotopic (exact) mass is 394 g/mol. The van der Waals surface area contributed by atoms with Crippen LogP contribution in [0.25, 0.3) is 0 Å². The maximum absolute atomic E-state index is 12.7. The van der Waals surface area contributed by atoms with Gasteiger partial charge in [-0.05, 0) is 40.9 Å². The minimum absolute atomic E-state index is 0.0768. The Morgan fingerprint density at radius 1 is 1.17 bits per heavy atom. The number of nitrogens with zero attached hydrogens (tertiary/aromatic N) is 2. The normalized spacial score (nSPS) is 24.3. The fraction of sp³-hybridized carbons (Fsp3) is 0.471. The van der Waals surface area contributed by atoms with Crippen LogP contribution in [0.3, 0.4) is 0 Å². The van der Waals surface area contributed by atoms with Crippen LogP contribution >= 0.6 is 15.9 Å². The molecule has 2 amide bonds. The zero-order valence-corrected chi connectivity index (χ0v) is 14.7. The topological polar surface area (TPSA) is 77.9 Å². The van der Waals surface area contributed by atoms with Crippen molar-refractivity contribution in [2.24, 2.45) is 11.8 Å². The van der Waals surface area contributed by atoms with Crippen LogP contribution < -0.4 is 4.90 Å². The summed E-state index contributed by atoms with van der Waals surface area (Å²) in [7, 11) is 0. The number of likely N-dealkylation sites (tertiary alicyclic amines) is 1. The van der Waals surface area contributed by atoms with Crippen LogP contribution in [0.1, 0.15) is 19.3 Å². The van der Waals surface area contributed by atoms with Crippen molar-refractivity contribution in [1.82, 2.24) is 4.90 Å². The SMILES string of the molecule is O=C(O)[C@H]1CCCN(C(=O)C2CC(=O)N(c3ccccc3Br)C2)C1. The molecule has 2 heterocycles. The second-order valence-corrected chi connectivity index (χ2v) is 7.17. The van der Waals surface area contributed by atoms with Crippen LogP contribution in [-0.2, 0) is 14.4 Å². The molecule has 0 saturated carbocycles. The summed E-state index contributed by atoms with van der Waals surface area (Å²) in [4.78, 5) is 39.5. The number of amides is 2. The first-order valence-corrected chi connectivity index (χ1v) is 8.83. The number of piperidine rings is 1. The van der Waals surface area contributed by atoms with Gasteiger partial charge in [0.1, 0.15) is 0 Å². The number of carboxylic acid groups (broad SMARTS) is 1. The van der Waals surface area contributed by atoms with Gasteiger partial charge < -0.3 is 14.9 Å². The number of carbonyl (C=O) groups is 3. The summed E-state index contributed by atoms with van der Waals surface area (Å²) in [6.45, 7) is 1.16. The molecule has 2 aliphatic heterocycles. The lowest BCUT2D eigenvalue weighted by atomic mass is 9.96. The molecule has 1 aromatic rings. The summed E-state index contributed by atoms with van der Waals surface area (Å²) >= 11 is 3.44. The maximum atomic E-state index is 12.7. The minimum Gasteiger partial charge on any atom is -0.481 e. The van der Waals surface area contributed by atoms with Gasteiger partial charge in [-0.1, -0.05) is 12.1 Å². The number of rotatable bonds is 3. The maximum Gasteiger partial charge on any atom is 0.308 e. The third-order valence-electron chi connectivity index (χ3n) is 4.70. The standard InChI is InChI=1S/C17H19BrN2O4/c18-13-5-1-2-6-14(13)20-10-12(8-15(20)21)16(22)19-7-3-4-11(9-19)17(23)24/h1-2,5-6,11-12H,3-4,7-10H2,(H,23,24)/t11-,12?/m0/s1. The fourth-order valence-electron chi connectivity index (χ4n) is 3.41. The quantitative estimate of drug-likeness (QED) is 0.851. The van der Waals surface area contributed by atoms with Crippen molar-refractivity contribution in [2.45, 2.75) is 19.3 Å². The zero-order valence-electron chi connectivity index (χ0n) is 13.2. The third kappa shape index (κ3) is 3.31. The molecule has 24 heavy (non-hydrogen) atoms. The number of aliphatic carboxylic acids is 1. The van der Waals surface area contributed by atoms with Gasteiger partial charge >= 0.3 is 5.97 Å². The van der Waals surface area contributed by atoms with Crippen molar-refractivity contribution in [3.63, 3.8) is 0 Å². The van der Waals surface area contributed by atoms with Crippen LogP contribution in [0, 0.1) is 11.8 Å². The lowest BCUT2D eigenvalue weighted by molar-refractivity contribution is -0.146. The van der Waals surface area contributed by atoms with Gasteiger partial charge in [0.25, 0.3) is 0 Å². The molecule has 0 aromatic heterocycles. The molecule has 6 nitrogen and oxygen atoms in total. The minimum atomic E-state index is -0.857. The summed E-state index contributed by atoms with van der Waals surface area (Å²) < 4.78 is 0.815. The van der Waals surface area contributed by atoms with Crippen molar-refractivity contribution < 1.29 is 19.5 Å². The Morgan fingerprint density at radius 3 is 2.62 bits per heavy atom. The van der Waals surface area contributed by atoms with Gasteiger partial charge in [-0.25, -0.2) is 0 Å². The molecular formula is C17H19BrN2O4. The molecular weight excluding hydrogens is 376 g/mol. The molecule has 2 fully saturated rings. The second kappa shape index (κ2) is 6.93. The van der Waals surface area contributed by atoms with Crippen molar-refractivity contribution in [2.75, 3.05) is 24.5 Å². The van der Waals surface area contributed by atoms with Crippen LogP contribution in [0.15, 0.2) is 28.7 Å². The summed E-state index contributed by atoms with van der Waals surface area (Å²) in [6, 6.07) is 7.43. The molecule has 2 aliphatic rings. The molecule has 3 rings (SSSR count). The van der Waals surface area contributed by atoms with E-state index >= 15 is 0 Å². The number of hydrogen-bond acceptors (Lipinski definition) is 3. The molecule has 0 radical (unpaired) electrons. The Kier molecular flexibility index (Phi) is 4.89. The van der Waals surface area contributed by atoms with Gasteiger partial charge in [-0.15, -0.1) is 0 Å². The number of hydrogen-bond donors (Lipinski definition) is 1. The lowest BCUT2D eigenvalue weighted by Crippen LogP contribution is -2.45. The highest BCUT2D eigenvalue weighted by Gasteiger charge is 2.39. The first kappa shape index (κ1) is 17.0. The van der Waals surface area contributed by atoms with E-state index < -0.39 is 17.8 Å². The Labute approximate surface area is 148 Å². The average Bonchev–Trinajstić information content (AvgIpc) is 2.96. The van der Waals surface area contributed by atoms with Crippen LogP contribution in [0.5, 0.6) is 0 Å². The van der Waals surface area contributed by atoms with Gasteiger partial charge in [0.05, 0.1) is 17.5 Å². The van der Waals surface area contributed by atoms with Crippen LogP contribution in [0.4, 0.5) is 5.69 Å². The summed E-state index contributed by atoms with van der Waals surface area (Å²) in [5.41, 5.74) is 0.764. The van der Waals surface area contributed by atoms with Crippen molar-refractivity contribution in [3.8, 4) is 0 Å². The van der Waals surface area contributed by atoms with Gasteiger partial charge in [-0.2, -0.15) is 0 Å². The Bertz CT molecular complexity index is 678. The highest BCUT2D eigenvalue weighted by molar-refractivity contribution is 9.10. The predicted octanol–water partition coefficient (Wildman–Crippen LogP) is 2.13. The third-order valence-corrected chi connectivity index (χ3v) is 5.37. The first-order valence-electron chi connectivity index (χ1n) is 8.04. The molecule has 7 heteroatoms. The van der Waals surface area contributed by atoms with Crippen molar-refractivity contribution in [3.05, 3.63) is 28.7 Å². The van der Waals surface area contributed by atoms with E-state index in [1.165, 1.54) is 0 Å². The van der Waals surface area contributed by atoms with E-state index in [4.69, 9.17) is 5.11 Å². The van der Waals surface area contributed by atoms with Gasteiger partial charge in [-0.3, -0.25) is 14.4 Å². The molecule has 1 aromatic carbocycles. The number of halogens is 1. The number of anilines is 1. The first-order chi connectivity index (χ1) is 11.5. The van der Waals surface area contributed by atoms with Gasteiger partial charge in [0.2, 0.25) is 11.8 Å². The Balaban J connectivity index is 1.70. The number of para-hydroxylation sites is 1. The Hall–Kier alpha value is -1.89. The fourth-order valence-corrected chi connectivity index (χ4v) is 3.91. The molecule has 0 aliphatic carbocycles. The lowest BCUT2D eigenvalue weighted by Gasteiger charge is -2.32. The van der Waals surface area contributed by atoms with E-state index in [0.717, 1.165) is 10.2 Å². The van der Waals surface area contributed by atoms with Gasteiger partial charge in [0, 0.05) is 30.5 Å². The molecule has 2 atom stereocenters. The van der Waals surface area contributed by atoms with E-state index in [1.54, 1.807) is 9.80 Å². The van der Waals surface area contributed by atoms with Crippen molar-refractivity contribution >= 4 is 39.4 Å². The molecule has 0 spiro atoms. The summed E-state index contributed by atoms with van der Waals surface area (Å²) in [5.74, 6) is -1.95. The predicted molar refractivity (Wildman–Crippen MR) is 91.5 cm³/mol. The van der Waals surface area contributed by atoms with E-state index in [1.807, 2.05) is 24.3 Å². The zero-order chi connectivity index (χ0) is 17.3. The highest BCUT2D eigenvalue weighted by Crippen LogP contribution is 2.32. The van der Waals surface area contributed by atoms with Crippen molar-refractivity contribution in [1.29, 1.82) is 0 Å².